The van der Waals surface area contributed by atoms with E-state index in [1.165, 1.54) is 12.1 Å². The minimum Gasteiger partial charge on any atom is -0.339 e. The Kier molecular flexibility index (Phi) is 7.48. The Morgan fingerprint density at radius 1 is 1.16 bits per heavy atom. The molecular formula is C23H26N4O4. The Labute approximate surface area is 181 Å². The minimum absolute atomic E-state index is 0.0317. The van der Waals surface area contributed by atoms with E-state index in [1.54, 1.807) is 12.1 Å². The van der Waals surface area contributed by atoms with E-state index in [2.05, 4.69) is 17.1 Å². The number of amides is 1. The Morgan fingerprint density at radius 3 is 2.65 bits per heavy atom. The van der Waals surface area contributed by atoms with Crippen molar-refractivity contribution in [2.75, 3.05) is 6.54 Å². The fraction of sp³-hybridized carbons (Fsp3) is 0.348. The fourth-order valence-electron chi connectivity index (χ4n) is 3.30. The number of nitrogens with zero attached hydrogens (tertiary/aromatic N) is 4. The Bertz CT molecular complexity index is 1020. The summed E-state index contributed by atoms with van der Waals surface area (Å²) in [6.07, 6.45) is 2.41. The van der Waals surface area contributed by atoms with E-state index in [0.717, 1.165) is 12.0 Å². The summed E-state index contributed by atoms with van der Waals surface area (Å²) < 4.78 is 5.32. The summed E-state index contributed by atoms with van der Waals surface area (Å²) >= 11 is 0. The zero-order valence-electron chi connectivity index (χ0n) is 17.7. The van der Waals surface area contributed by atoms with Gasteiger partial charge in [0.1, 0.15) is 0 Å². The first-order valence-corrected chi connectivity index (χ1v) is 10.4. The number of non-ortho nitro benzene ring substituents is 1. The molecule has 162 valence electrons. The van der Waals surface area contributed by atoms with Crippen LogP contribution in [0.3, 0.4) is 0 Å². The van der Waals surface area contributed by atoms with Gasteiger partial charge in [0.15, 0.2) is 0 Å². The lowest BCUT2D eigenvalue weighted by Gasteiger charge is -2.28. The summed E-state index contributed by atoms with van der Waals surface area (Å²) in [6, 6.07) is 16.2. The van der Waals surface area contributed by atoms with Crippen molar-refractivity contribution in [3.63, 3.8) is 0 Å². The predicted octanol–water partition coefficient (Wildman–Crippen LogP) is 4.45. The van der Waals surface area contributed by atoms with E-state index in [0.29, 0.717) is 43.1 Å². The van der Waals surface area contributed by atoms with Crippen molar-refractivity contribution >= 4 is 11.6 Å². The van der Waals surface area contributed by atoms with Gasteiger partial charge in [-0.25, -0.2) is 0 Å². The number of aromatic nitrogens is 2. The molecule has 0 unspecified atom stereocenters. The van der Waals surface area contributed by atoms with E-state index in [4.69, 9.17) is 4.52 Å². The Hall–Kier alpha value is -3.55. The normalized spacial score (nSPS) is 11.8. The molecule has 0 N–H and O–H groups in total. The van der Waals surface area contributed by atoms with Crippen LogP contribution >= 0.6 is 0 Å². The zero-order chi connectivity index (χ0) is 22.2. The molecule has 8 nitrogen and oxygen atoms in total. The third-order valence-corrected chi connectivity index (χ3v) is 5.26. The maximum Gasteiger partial charge on any atom is 0.270 e. The molecule has 0 saturated heterocycles. The largest absolute Gasteiger partial charge is 0.339 e. The molecule has 0 fully saturated rings. The van der Waals surface area contributed by atoms with Crippen LogP contribution in [-0.2, 0) is 17.6 Å². The highest BCUT2D eigenvalue weighted by molar-refractivity contribution is 5.76. The van der Waals surface area contributed by atoms with Crippen LogP contribution in [0.2, 0.25) is 0 Å². The molecule has 3 aromatic rings. The molecule has 31 heavy (non-hydrogen) atoms. The summed E-state index contributed by atoms with van der Waals surface area (Å²) in [5.41, 5.74) is 1.62. The number of nitro groups is 1. The van der Waals surface area contributed by atoms with Crippen molar-refractivity contribution in [1.29, 1.82) is 0 Å². The van der Waals surface area contributed by atoms with Gasteiger partial charge < -0.3 is 9.42 Å². The summed E-state index contributed by atoms with van der Waals surface area (Å²) in [5.74, 6) is 0.784. The molecule has 0 aliphatic carbocycles. The van der Waals surface area contributed by atoms with E-state index < -0.39 is 4.92 Å². The third-order valence-electron chi connectivity index (χ3n) is 5.26. The lowest BCUT2D eigenvalue weighted by molar-refractivity contribution is -0.384. The van der Waals surface area contributed by atoms with Gasteiger partial charge in [-0.2, -0.15) is 4.98 Å². The SMILES string of the molecule is CC[C@@H](C)N(CCc1nc(-c2cccc([N+](=O)[O-])c2)no1)C(=O)CCc1ccccc1. The van der Waals surface area contributed by atoms with Crippen molar-refractivity contribution in [2.45, 2.75) is 45.6 Å². The van der Waals surface area contributed by atoms with Crippen LogP contribution < -0.4 is 0 Å². The van der Waals surface area contributed by atoms with Gasteiger partial charge in [-0.05, 0) is 25.3 Å². The van der Waals surface area contributed by atoms with Crippen LogP contribution in [0.1, 0.15) is 38.1 Å². The number of rotatable bonds is 10. The van der Waals surface area contributed by atoms with E-state index in [1.807, 2.05) is 42.2 Å². The van der Waals surface area contributed by atoms with Crippen LogP contribution in [0.25, 0.3) is 11.4 Å². The van der Waals surface area contributed by atoms with Gasteiger partial charge in [-0.15, -0.1) is 0 Å². The summed E-state index contributed by atoms with van der Waals surface area (Å²) in [4.78, 5) is 29.6. The van der Waals surface area contributed by atoms with Gasteiger partial charge in [-0.1, -0.05) is 54.5 Å². The monoisotopic (exact) mass is 422 g/mol. The van der Waals surface area contributed by atoms with Crippen molar-refractivity contribution in [3.8, 4) is 11.4 Å². The molecule has 0 aliphatic heterocycles. The molecule has 1 aromatic heterocycles. The molecule has 0 saturated carbocycles. The maximum absolute atomic E-state index is 12.9. The van der Waals surface area contributed by atoms with Gasteiger partial charge >= 0.3 is 0 Å². The molecule has 0 bridgehead atoms. The molecule has 0 aliphatic rings. The van der Waals surface area contributed by atoms with Gasteiger partial charge in [-0.3, -0.25) is 14.9 Å². The average Bonchev–Trinajstić information content (AvgIpc) is 3.27. The average molecular weight is 422 g/mol. The number of carbonyl (C=O) groups excluding carboxylic acids is 1. The number of hydrogen-bond acceptors (Lipinski definition) is 6. The molecule has 0 spiro atoms. The van der Waals surface area contributed by atoms with Crippen LogP contribution in [0.15, 0.2) is 59.1 Å². The second-order valence-corrected chi connectivity index (χ2v) is 7.40. The standard InChI is InChI=1S/C23H26N4O4/c1-3-17(2)26(22(28)13-12-18-8-5-4-6-9-18)15-14-21-24-23(25-31-21)19-10-7-11-20(16-19)27(29)30/h4-11,16-17H,3,12-15H2,1-2H3/t17-/m1/s1. The highest BCUT2D eigenvalue weighted by Crippen LogP contribution is 2.21. The minimum atomic E-state index is -0.463. The fourth-order valence-corrected chi connectivity index (χ4v) is 3.30. The predicted molar refractivity (Wildman–Crippen MR) is 116 cm³/mol. The quantitative estimate of drug-likeness (QED) is 0.353. The van der Waals surface area contributed by atoms with Gasteiger partial charge in [0.25, 0.3) is 5.69 Å². The van der Waals surface area contributed by atoms with Crippen LogP contribution in [0, 0.1) is 10.1 Å². The molecule has 1 atom stereocenters. The maximum atomic E-state index is 12.9. The number of carbonyl (C=O) groups is 1. The van der Waals surface area contributed by atoms with Crippen molar-refractivity contribution < 1.29 is 14.2 Å². The Morgan fingerprint density at radius 2 is 1.94 bits per heavy atom. The van der Waals surface area contributed by atoms with Gasteiger partial charge in [0, 0.05) is 43.1 Å². The van der Waals surface area contributed by atoms with Gasteiger partial charge in [0.05, 0.1) is 4.92 Å². The third kappa shape index (κ3) is 5.97. The van der Waals surface area contributed by atoms with Gasteiger partial charge in [0.2, 0.25) is 17.6 Å². The Balaban J connectivity index is 1.63. The summed E-state index contributed by atoms with van der Waals surface area (Å²) in [5, 5.41) is 14.9. The van der Waals surface area contributed by atoms with E-state index >= 15 is 0 Å². The number of nitro benzene ring substituents is 1. The van der Waals surface area contributed by atoms with E-state index in [9.17, 15) is 14.9 Å². The second kappa shape index (κ2) is 10.5. The summed E-state index contributed by atoms with van der Waals surface area (Å²) in [6.45, 7) is 4.55. The molecule has 8 heteroatoms. The second-order valence-electron chi connectivity index (χ2n) is 7.40. The van der Waals surface area contributed by atoms with Crippen molar-refractivity contribution in [2.24, 2.45) is 0 Å². The molecule has 2 aromatic carbocycles. The summed E-state index contributed by atoms with van der Waals surface area (Å²) in [7, 11) is 0. The molecule has 0 radical (unpaired) electrons. The highest BCUT2D eigenvalue weighted by atomic mass is 16.6. The lowest BCUT2D eigenvalue weighted by Crippen LogP contribution is -2.40. The van der Waals surface area contributed by atoms with Crippen LogP contribution in [-0.4, -0.2) is 38.5 Å². The number of hydrogen-bond donors (Lipinski definition) is 0. The number of aryl methyl sites for hydroxylation is 1. The van der Waals surface area contributed by atoms with Crippen LogP contribution in [0.5, 0.6) is 0 Å². The first-order chi connectivity index (χ1) is 15.0. The molecular weight excluding hydrogens is 396 g/mol. The first-order valence-electron chi connectivity index (χ1n) is 10.4. The highest BCUT2D eigenvalue weighted by Gasteiger charge is 2.20. The zero-order valence-corrected chi connectivity index (χ0v) is 17.7. The molecule has 3 rings (SSSR count). The first kappa shape index (κ1) is 22.1. The topological polar surface area (TPSA) is 102 Å². The van der Waals surface area contributed by atoms with Crippen molar-refractivity contribution in [3.05, 3.63) is 76.2 Å². The van der Waals surface area contributed by atoms with Crippen molar-refractivity contribution in [1.82, 2.24) is 15.0 Å². The lowest BCUT2D eigenvalue weighted by atomic mass is 10.1. The molecule has 1 heterocycles. The van der Waals surface area contributed by atoms with E-state index in [-0.39, 0.29) is 17.6 Å². The smallest absolute Gasteiger partial charge is 0.270 e. The molecule has 1 amide bonds. The van der Waals surface area contributed by atoms with Crippen LogP contribution in [0.4, 0.5) is 5.69 Å². The number of benzene rings is 2.